The molecule has 0 aliphatic rings. The number of amides is 1. The fourth-order valence-electron chi connectivity index (χ4n) is 3.44. The Morgan fingerprint density at radius 2 is 1.90 bits per heavy atom. The predicted molar refractivity (Wildman–Crippen MR) is 117 cm³/mol. The molecule has 0 radical (unpaired) electrons. The first-order chi connectivity index (χ1) is 14.3. The number of aromatic nitrogens is 4. The van der Waals surface area contributed by atoms with Crippen molar-refractivity contribution in [2.24, 2.45) is 7.05 Å². The number of aryl methyl sites for hydroxylation is 3. The van der Waals surface area contributed by atoms with Crippen LogP contribution in [0, 0.1) is 13.8 Å². The van der Waals surface area contributed by atoms with Gasteiger partial charge >= 0.3 is 0 Å². The van der Waals surface area contributed by atoms with Gasteiger partial charge in [-0.05, 0) is 55.8 Å². The summed E-state index contributed by atoms with van der Waals surface area (Å²) in [5, 5.41) is 12.2. The molecular formula is C22H20ClN5O2. The van der Waals surface area contributed by atoms with Crippen molar-refractivity contribution < 1.29 is 4.79 Å². The Labute approximate surface area is 177 Å². The van der Waals surface area contributed by atoms with E-state index in [0.717, 1.165) is 17.0 Å². The average Bonchev–Trinajstić information content (AvgIpc) is 3.01. The largest absolute Gasteiger partial charge is 0.320 e. The molecule has 4 aromatic rings. The van der Waals surface area contributed by atoms with Crippen molar-refractivity contribution in [3.8, 4) is 0 Å². The standard InChI is InChI=1S/C22H20ClN5O2/c1-13-9-14(2)28(25-13)12-15-5-4-6-17(10-15)24-22(30)20-21(29)18-11-16(23)7-8-19(18)27(3)26-20/h4-11H,12H2,1-3H3,(H,24,30). The number of benzene rings is 2. The predicted octanol–water partition coefficient (Wildman–Crippen LogP) is 3.70. The minimum absolute atomic E-state index is 0.184. The minimum Gasteiger partial charge on any atom is -0.320 e. The lowest BCUT2D eigenvalue weighted by atomic mass is 10.1. The molecule has 0 bridgehead atoms. The monoisotopic (exact) mass is 421 g/mol. The van der Waals surface area contributed by atoms with E-state index in [1.165, 1.54) is 4.68 Å². The third kappa shape index (κ3) is 3.84. The van der Waals surface area contributed by atoms with Gasteiger partial charge in [0.25, 0.3) is 5.91 Å². The molecule has 30 heavy (non-hydrogen) atoms. The van der Waals surface area contributed by atoms with Gasteiger partial charge in [-0.25, -0.2) is 0 Å². The summed E-state index contributed by atoms with van der Waals surface area (Å²) in [6.45, 7) is 4.53. The number of carbonyl (C=O) groups excluding carboxylic acids is 1. The van der Waals surface area contributed by atoms with Crippen molar-refractivity contribution in [3.63, 3.8) is 0 Å². The SMILES string of the molecule is Cc1cc(C)n(Cc2cccc(NC(=O)c3nn(C)c4ccc(Cl)cc4c3=O)c2)n1. The topological polar surface area (TPSA) is 81.8 Å². The molecule has 7 nitrogen and oxygen atoms in total. The number of nitrogens with zero attached hydrogens (tertiary/aromatic N) is 4. The lowest BCUT2D eigenvalue weighted by Gasteiger charge is -2.10. The molecule has 1 amide bonds. The second-order valence-corrected chi connectivity index (χ2v) is 7.64. The molecule has 1 N–H and O–H groups in total. The van der Waals surface area contributed by atoms with E-state index < -0.39 is 11.3 Å². The van der Waals surface area contributed by atoms with E-state index in [2.05, 4.69) is 15.5 Å². The highest BCUT2D eigenvalue weighted by Gasteiger charge is 2.17. The van der Waals surface area contributed by atoms with Gasteiger partial charge in [-0.1, -0.05) is 23.7 Å². The molecule has 0 atom stereocenters. The number of anilines is 1. The number of fused-ring (bicyclic) bond motifs is 1. The van der Waals surface area contributed by atoms with Gasteiger partial charge in [-0.15, -0.1) is 0 Å². The molecule has 2 heterocycles. The first-order valence-corrected chi connectivity index (χ1v) is 9.77. The molecule has 0 aliphatic heterocycles. The zero-order chi connectivity index (χ0) is 21.4. The third-order valence-electron chi connectivity index (χ3n) is 4.85. The van der Waals surface area contributed by atoms with E-state index in [4.69, 9.17) is 11.6 Å². The third-order valence-corrected chi connectivity index (χ3v) is 5.09. The van der Waals surface area contributed by atoms with Gasteiger partial charge in [-0.3, -0.25) is 19.0 Å². The molecule has 0 unspecified atom stereocenters. The first kappa shape index (κ1) is 19.8. The quantitative estimate of drug-likeness (QED) is 0.544. The van der Waals surface area contributed by atoms with Crippen molar-refractivity contribution in [1.82, 2.24) is 19.6 Å². The molecule has 8 heteroatoms. The zero-order valence-corrected chi connectivity index (χ0v) is 17.6. The summed E-state index contributed by atoms with van der Waals surface area (Å²) in [4.78, 5) is 25.6. The number of halogens is 1. The summed E-state index contributed by atoms with van der Waals surface area (Å²) in [6, 6.07) is 14.4. The number of nitrogens with one attached hydrogen (secondary N) is 1. The maximum absolute atomic E-state index is 12.8. The second-order valence-electron chi connectivity index (χ2n) is 7.20. The zero-order valence-electron chi connectivity index (χ0n) is 16.8. The van der Waals surface area contributed by atoms with E-state index in [9.17, 15) is 9.59 Å². The van der Waals surface area contributed by atoms with Crippen LogP contribution in [0.5, 0.6) is 0 Å². The summed E-state index contributed by atoms with van der Waals surface area (Å²) < 4.78 is 3.40. The maximum atomic E-state index is 12.8. The van der Waals surface area contributed by atoms with E-state index in [0.29, 0.717) is 28.2 Å². The summed E-state index contributed by atoms with van der Waals surface area (Å²) >= 11 is 6.02. The Hall–Kier alpha value is -3.45. The van der Waals surface area contributed by atoms with Crippen LogP contribution in [0.1, 0.15) is 27.4 Å². The summed E-state index contributed by atoms with van der Waals surface area (Å²) in [5.74, 6) is -0.569. The van der Waals surface area contributed by atoms with E-state index in [1.54, 1.807) is 31.3 Å². The number of carbonyl (C=O) groups is 1. The summed E-state index contributed by atoms with van der Waals surface area (Å²) in [6.07, 6.45) is 0. The molecule has 0 fully saturated rings. The van der Waals surface area contributed by atoms with Gasteiger partial charge in [0.1, 0.15) is 0 Å². The van der Waals surface area contributed by atoms with Gasteiger partial charge in [0, 0.05) is 23.5 Å². The van der Waals surface area contributed by atoms with Crippen molar-refractivity contribution in [2.75, 3.05) is 5.32 Å². The molecule has 2 aromatic carbocycles. The van der Waals surface area contributed by atoms with E-state index in [1.807, 2.05) is 42.8 Å². The molecule has 0 spiro atoms. The Morgan fingerprint density at radius 3 is 2.63 bits per heavy atom. The lowest BCUT2D eigenvalue weighted by Crippen LogP contribution is -2.26. The molecule has 152 valence electrons. The number of hydrogen-bond donors (Lipinski definition) is 1. The highest BCUT2D eigenvalue weighted by molar-refractivity contribution is 6.31. The smallest absolute Gasteiger partial charge is 0.280 e. The van der Waals surface area contributed by atoms with Crippen LogP contribution in [-0.4, -0.2) is 25.5 Å². The lowest BCUT2D eigenvalue weighted by molar-refractivity contribution is 0.101. The summed E-state index contributed by atoms with van der Waals surface area (Å²) in [7, 11) is 1.68. The van der Waals surface area contributed by atoms with Crippen LogP contribution < -0.4 is 10.7 Å². The van der Waals surface area contributed by atoms with Gasteiger partial charge in [-0.2, -0.15) is 10.2 Å². The van der Waals surface area contributed by atoms with Crippen molar-refractivity contribution >= 4 is 34.1 Å². The minimum atomic E-state index is -0.569. The van der Waals surface area contributed by atoms with Gasteiger partial charge < -0.3 is 5.32 Å². The van der Waals surface area contributed by atoms with E-state index in [-0.39, 0.29) is 5.69 Å². The highest BCUT2D eigenvalue weighted by atomic mass is 35.5. The molecule has 0 saturated heterocycles. The van der Waals surface area contributed by atoms with Crippen LogP contribution in [0.4, 0.5) is 5.69 Å². The number of hydrogen-bond acceptors (Lipinski definition) is 4. The van der Waals surface area contributed by atoms with Crippen LogP contribution in [0.2, 0.25) is 5.02 Å². The van der Waals surface area contributed by atoms with Crippen LogP contribution in [-0.2, 0) is 13.6 Å². The molecule has 4 rings (SSSR count). The molecule has 2 aromatic heterocycles. The van der Waals surface area contributed by atoms with Crippen molar-refractivity contribution in [3.05, 3.63) is 86.4 Å². The Kier molecular flexibility index (Phi) is 5.13. The highest BCUT2D eigenvalue weighted by Crippen LogP contribution is 2.17. The number of rotatable bonds is 4. The fourth-order valence-corrected chi connectivity index (χ4v) is 3.62. The molecular weight excluding hydrogens is 402 g/mol. The molecule has 0 saturated carbocycles. The maximum Gasteiger partial charge on any atom is 0.280 e. The van der Waals surface area contributed by atoms with Gasteiger partial charge in [0.15, 0.2) is 5.69 Å². The summed E-state index contributed by atoms with van der Waals surface area (Å²) in [5.41, 5.74) is 3.53. The normalized spacial score (nSPS) is 11.1. The Bertz CT molecular complexity index is 1340. The van der Waals surface area contributed by atoms with Crippen LogP contribution in [0.3, 0.4) is 0 Å². The second kappa shape index (κ2) is 7.76. The first-order valence-electron chi connectivity index (χ1n) is 9.40. The van der Waals surface area contributed by atoms with Crippen molar-refractivity contribution in [2.45, 2.75) is 20.4 Å². The molecule has 0 aliphatic carbocycles. The fraction of sp³-hybridized carbons (Fsp3) is 0.182. The van der Waals surface area contributed by atoms with E-state index >= 15 is 0 Å². The van der Waals surface area contributed by atoms with Crippen LogP contribution >= 0.6 is 11.6 Å². The van der Waals surface area contributed by atoms with Gasteiger partial charge in [0.2, 0.25) is 5.43 Å². The Balaban J connectivity index is 1.62. The van der Waals surface area contributed by atoms with Crippen LogP contribution in [0.15, 0.2) is 53.3 Å². The van der Waals surface area contributed by atoms with Crippen molar-refractivity contribution in [1.29, 1.82) is 0 Å². The van der Waals surface area contributed by atoms with Crippen LogP contribution in [0.25, 0.3) is 10.9 Å². The average molecular weight is 422 g/mol. The Morgan fingerprint density at radius 1 is 1.10 bits per heavy atom. The van der Waals surface area contributed by atoms with Gasteiger partial charge in [0.05, 0.1) is 23.1 Å².